The minimum absolute atomic E-state index is 1.01. The van der Waals surface area contributed by atoms with Crippen molar-refractivity contribution in [3.8, 4) is 0 Å². The number of aryl methyl sites for hydroxylation is 1. The lowest BCUT2D eigenvalue weighted by molar-refractivity contribution is 0.592. The lowest BCUT2D eigenvalue weighted by Crippen LogP contribution is -2.05. The monoisotopic (exact) mass is 506 g/mol. The Hall–Kier alpha value is -0.300. The molecule has 1 heteroatoms. The summed E-state index contributed by atoms with van der Waals surface area (Å²) >= 11 is 3.81. The Kier molecular flexibility index (Phi) is 19.7. The number of alkyl halides is 1. The Morgan fingerprint density at radius 3 is 1.22 bits per heavy atom. The zero-order valence-electron chi connectivity index (χ0n) is 22.1. The van der Waals surface area contributed by atoms with E-state index in [1.165, 1.54) is 135 Å². The van der Waals surface area contributed by atoms with Gasteiger partial charge in [0.2, 0.25) is 0 Å². The summed E-state index contributed by atoms with van der Waals surface area (Å²) in [5.41, 5.74) is 6.71. The quantitative estimate of drug-likeness (QED) is 0.108. The zero-order valence-corrected chi connectivity index (χ0v) is 23.7. The van der Waals surface area contributed by atoms with Crippen LogP contribution in [0.25, 0.3) is 0 Å². The maximum Gasteiger partial charge on any atom is 0.0285 e. The summed E-state index contributed by atoms with van der Waals surface area (Å²) in [6.07, 6.45) is 29.0. The summed E-state index contributed by atoms with van der Waals surface area (Å²) in [7, 11) is 0. The van der Waals surface area contributed by atoms with E-state index in [9.17, 15) is 0 Å². The molecule has 0 atom stereocenters. The normalized spacial score (nSPS) is 11.4. The standard InChI is InChI=1S/C31H55Br/c1-4-7-10-13-16-19-22-28-25-26-29(27-32)31(24-21-18-15-12-9-6-3)30(28)23-20-17-14-11-8-5-2/h25-26H,4-24,27H2,1-3H3. The first-order chi connectivity index (χ1) is 15.8. The Balaban J connectivity index is 2.76. The molecule has 0 radical (unpaired) electrons. The van der Waals surface area contributed by atoms with E-state index in [1.807, 2.05) is 0 Å². The van der Waals surface area contributed by atoms with E-state index in [1.54, 1.807) is 22.3 Å². The van der Waals surface area contributed by atoms with Gasteiger partial charge >= 0.3 is 0 Å². The fourth-order valence-electron chi connectivity index (χ4n) is 5.03. The van der Waals surface area contributed by atoms with Crippen molar-refractivity contribution in [2.75, 3.05) is 0 Å². The summed E-state index contributed by atoms with van der Waals surface area (Å²) in [6, 6.07) is 4.93. The second kappa shape index (κ2) is 21.2. The van der Waals surface area contributed by atoms with Gasteiger partial charge in [-0.3, -0.25) is 0 Å². The van der Waals surface area contributed by atoms with Crippen LogP contribution in [-0.4, -0.2) is 0 Å². The molecule has 0 aromatic heterocycles. The molecule has 0 fully saturated rings. The molecule has 0 saturated heterocycles. The molecular formula is C31H55Br. The number of hydrogen-bond acceptors (Lipinski definition) is 0. The van der Waals surface area contributed by atoms with Gasteiger partial charge in [0, 0.05) is 5.33 Å². The molecule has 0 bridgehead atoms. The highest BCUT2D eigenvalue weighted by atomic mass is 79.9. The molecular weight excluding hydrogens is 452 g/mol. The molecule has 0 heterocycles. The van der Waals surface area contributed by atoms with E-state index in [0.29, 0.717) is 0 Å². The number of benzene rings is 1. The van der Waals surface area contributed by atoms with Gasteiger partial charge in [-0.1, -0.05) is 145 Å². The third kappa shape index (κ3) is 13.4. The van der Waals surface area contributed by atoms with Crippen LogP contribution in [-0.2, 0) is 24.6 Å². The van der Waals surface area contributed by atoms with E-state index in [4.69, 9.17) is 0 Å². The van der Waals surface area contributed by atoms with Crippen LogP contribution in [0.15, 0.2) is 12.1 Å². The van der Waals surface area contributed by atoms with Crippen LogP contribution in [0.2, 0.25) is 0 Å². The molecule has 1 aromatic carbocycles. The predicted molar refractivity (Wildman–Crippen MR) is 150 cm³/mol. The largest absolute Gasteiger partial charge is 0.0876 e. The van der Waals surface area contributed by atoms with Crippen molar-refractivity contribution in [2.24, 2.45) is 0 Å². The van der Waals surface area contributed by atoms with Crippen LogP contribution in [0.5, 0.6) is 0 Å². The van der Waals surface area contributed by atoms with E-state index in [0.717, 1.165) is 5.33 Å². The number of halogens is 1. The maximum absolute atomic E-state index is 3.81. The van der Waals surface area contributed by atoms with E-state index in [-0.39, 0.29) is 0 Å². The SMILES string of the molecule is CCCCCCCCc1ccc(CBr)c(CCCCCCCC)c1CCCCCCCC. The van der Waals surface area contributed by atoms with Gasteiger partial charge in [0.1, 0.15) is 0 Å². The minimum atomic E-state index is 1.01. The van der Waals surface area contributed by atoms with Crippen molar-refractivity contribution in [1.82, 2.24) is 0 Å². The van der Waals surface area contributed by atoms with Gasteiger partial charge in [-0.2, -0.15) is 0 Å². The van der Waals surface area contributed by atoms with Crippen LogP contribution in [0.4, 0.5) is 0 Å². The molecule has 1 aromatic rings. The Morgan fingerprint density at radius 1 is 0.438 bits per heavy atom. The first kappa shape index (κ1) is 29.7. The first-order valence-corrected chi connectivity index (χ1v) is 15.6. The molecule has 0 spiro atoms. The van der Waals surface area contributed by atoms with Crippen LogP contribution in [0.3, 0.4) is 0 Å². The van der Waals surface area contributed by atoms with Crippen molar-refractivity contribution < 1.29 is 0 Å². The molecule has 186 valence electrons. The van der Waals surface area contributed by atoms with Gasteiger partial charge in [0.05, 0.1) is 0 Å². The molecule has 0 aliphatic carbocycles. The van der Waals surface area contributed by atoms with Crippen LogP contribution >= 0.6 is 15.9 Å². The third-order valence-corrected chi connectivity index (χ3v) is 7.73. The van der Waals surface area contributed by atoms with Gasteiger partial charge in [0.25, 0.3) is 0 Å². The maximum atomic E-state index is 3.81. The van der Waals surface area contributed by atoms with Crippen molar-refractivity contribution in [2.45, 2.75) is 161 Å². The fourth-order valence-corrected chi connectivity index (χ4v) is 5.56. The van der Waals surface area contributed by atoms with Crippen LogP contribution < -0.4 is 0 Å². The Morgan fingerprint density at radius 2 is 0.781 bits per heavy atom. The number of hydrogen-bond donors (Lipinski definition) is 0. The van der Waals surface area contributed by atoms with E-state index < -0.39 is 0 Å². The van der Waals surface area contributed by atoms with Gasteiger partial charge in [-0.25, -0.2) is 0 Å². The molecule has 0 N–H and O–H groups in total. The predicted octanol–water partition coefficient (Wildman–Crippen LogP) is 11.3. The van der Waals surface area contributed by atoms with E-state index in [2.05, 4.69) is 48.8 Å². The van der Waals surface area contributed by atoms with E-state index >= 15 is 0 Å². The molecule has 0 saturated carbocycles. The molecule has 0 aliphatic heterocycles. The van der Waals surface area contributed by atoms with Crippen molar-refractivity contribution in [3.05, 3.63) is 34.4 Å². The Labute approximate surface area is 210 Å². The topological polar surface area (TPSA) is 0 Å². The highest BCUT2D eigenvalue weighted by molar-refractivity contribution is 9.08. The van der Waals surface area contributed by atoms with Gasteiger partial charge in [-0.15, -0.1) is 0 Å². The minimum Gasteiger partial charge on any atom is -0.0876 e. The fraction of sp³-hybridized carbons (Fsp3) is 0.806. The second-order valence-corrected chi connectivity index (χ2v) is 10.6. The summed E-state index contributed by atoms with van der Waals surface area (Å²) in [5, 5.41) is 1.01. The molecule has 0 aliphatic rings. The van der Waals surface area contributed by atoms with Gasteiger partial charge < -0.3 is 0 Å². The lowest BCUT2D eigenvalue weighted by Gasteiger charge is -2.19. The first-order valence-electron chi connectivity index (χ1n) is 14.5. The Bertz CT molecular complexity index is 548. The summed E-state index contributed by atoms with van der Waals surface area (Å²) in [4.78, 5) is 0. The number of rotatable bonds is 22. The summed E-state index contributed by atoms with van der Waals surface area (Å²) < 4.78 is 0. The van der Waals surface area contributed by atoms with Gasteiger partial charge in [-0.05, 0) is 60.8 Å². The smallest absolute Gasteiger partial charge is 0.0285 e. The van der Waals surface area contributed by atoms with Crippen molar-refractivity contribution in [1.29, 1.82) is 0 Å². The summed E-state index contributed by atoms with van der Waals surface area (Å²) in [5.74, 6) is 0. The molecule has 32 heavy (non-hydrogen) atoms. The molecule has 0 amide bonds. The molecule has 0 nitrogen and oxygen atoms in total. The number of unbranched alkanes of at least 4 members (excludes halogenated alkanes) is 15. The molecule has 0 unspecified atom stereocenters. The zero-order chi connectivity index (χ0) is 23.3. The van der Waals surface area contributed by atoms with Crippen molar-refractivity contribution in [3.63, 3.8) is 0 Å². The summed E-state index contributed by atoms with van der Waals surface area (Å²) in [6.45, 7) is 6.94. The highest BCUT2D eigenvalue weighted by Crippen LogP contribution is 2.28. The van der Waals surface area contributed by atoms with Crippen LogP contribution in [0.1, 0.15) is 159 Å². The average Bonchev–Trinajstić information content (AvgIpc) is 2.81. The highest BCUT2D eigenvalue weighted by Gasteiger charge is 2.13. The van der Waals surface area contributed by atoms with Crippen LogP contribution in [0, 0.1) is 0 Å². The average molecular weight is 508 g/mol. The molecule has 1 rings (SSSR count). The third-order valence-electron chi connectivity index (χ3n) is 7.13. The second-order valence-electron chi connectivity index (χ2n) is 10.0. The lowest BCUT2D eigenvalue weighted by atomic mass is 9.87. The van der Waals surface area contributed by atoms with Gasteiger partial charge in [0.15, 0.2) is 0 Å². The van der Waals surface area contributed by atoms with Crippen molar-refractivity contribution >= 4 is 15.9 Å².